The zero-order valence-electron chi connectivity index (χ0n) is 12.3. The molecule has 20 heavy (non-hydrogen) atoms. The van der Waals surface area contributed by atoms with Crippen molar-refractivity contribution in [3.8, 4) is 5.88 Å². The Hall–Kier alpha value is -1.39. The fraction of sp³-hybridized carbons (Fsp3) is 0.438. The van der Waals surface area contributed by atoms with E-state index in [9.17, 15) is 0 Å². The van der Waals surface area contributed by atoms with Crippen molar-refractivity contribution < 1.29 is 4.74 Å². The van der Waals surface area contributed by atoms with Gasteiger partial charge in [-0.25, -0.2) is 4.98 Å². The fourth-order valence-electron chi connectivity index (χ4n) is 2.30. The first-order valence-corrected chi connectivity index (χ1v) is 7.90. The smallest absolute Gasteiger partial charge is 0.217 e. The van der Waals surface area contributed by atoms with Crippen molar-refractivity contribution in [1.82, 2.24) is 10.3 Å². The van der Waals surface area contributed by atoms with Gasteiger partial charge in [-0.1, -0.05) is 19.9 Å². The van der Waals surface area contributed by atoms with Crippen LogP contribution in [0.3, 0.4) is 0 Å². The highest BCUT2D eigenvalue weighted by Crippen LogP contribution is 2.28. The number of rotatable bonds is 7. The summed E-state index contributed by atoms with van der Waals surface area (Å²) in [5, 5.41) is 3.54. The second-order valence-corrected chi connectivity index (χ2v) is 5.89. The SMILES string of the molecule is CCNC(Cc1ccc(CC)s1)c1cccnc1OC. The molecule has 0 saturated carbocycles. The van der Waals surface area contributed by atoms with E-state index in [1.807, 2.05) is 17.4 Å². The molecule has 1 N–H and O–H groups in total. The van der Waals surface area contributed by atoms with E-state index in [4.69, 9.17) is 4.74 Å². The summed E-state index contributed by atoms with van der Waals surface area (Å²) in [5.41, 5.74) is 1.13. The van der Waals surface area contributed by atoms with Gasteiger partial charge in [0.25, 0.3) is 0 Å². The summed E-state index contributed by atoms with van der Waals surface area (Å²) >= 11 is 1.89. The van der Waals surface area contributed by atoms with Gasteiger partial charge in [0.15, 0.2) is 0 Å². The number of thiophene rings is 1. The number of aryl methyl sites for hydroxylation is 1. The van der Waals surface area contributed by atoms with E-state index < -0.39 is 0 Å². The van der Waals surface area contributed by atoms with Crippen molar-refractivity contribution >= 4 is 11.3 Å². The summed E-state index contributed by atoms with van der Waals surface area (Å²) in [6.07, 6.45) is 3.85. The zero-order chi connectivity index (χ0) is 14.4. The molecule has 0 bridgehead atoms. The van der Waals surface area contributed by atoms with Crippen LogP contribution in [0.15, 0.2) is 30.5 Å². The Morgan fingerprint density at radius 3 is 2.70 bits per heavy atom. The van der Waals surface area contributed by atoms with Gasteiger partial charge in [-0.15, -0.1) is 11.3 Å². The Morgan fingerprint density at radius 2 is 2.05 bits per heavy atom. The van der Waals surface area contributed by atoms with Crippen LogP contribution in [0.2, 0.25) is 0 Å². The third kappa shape index (κ3) is 3.58. The second kappa shape index (κ2) is 7.41. The molecule has 0 aliphatic heterocycles. The van der Waals surface area contributed by atoms with Gasteiger partial charge in [-0.05, 0) is 31.2 Å². The van der Waals surface area contributed by atoms with Gasteiger partial charge in [-0.3, -0.25) is 0 Å². The highest BCUT2D eigenvalue weighted by Gasteiger charge is 2.17. The van der Waals surface area contributed by atoms with E-state index in [-0.39, 0.29) is 6.04 Å². The van der Waals surface area contributed by atoms with Gasteiger partial charge in [0.1, 0.15) is 0 Å². The molecule has 0 aromatic carbocycles. The number of ether oxygens (including phenoxy) is 1. The molecule has 3 nitrogen and oxygen atoms in total. The lowest BCUT2D eigenvalue weighted by atomic mass is 10.0. The topological polar surface area (TPSA) is 34.2 Å². The fourth-order valence-corrected chi connectivity index (χ4v) is 3.30. The average molecular weight is 290 g/mol. The van der Waals surface area contributed by atoms with Gasteiger partial charge >= 0.3 is 0 Å². The number of hydrogen-bond donors (Lipinski definition) is 1. The van der Waals surface area contributed by atoms with Gasteiger partial charge in [0, 0.05) is 34.0 Å². The van der Waals surface area contributed by atoms with Crippen LogP contribution in [0, 0.1) is 0 Å². The van der Waals surface area contributed by atoms with Crippen molar-refractivity contribution in [1.29, 1.82) is 0 Å². The van der Waals surface area contributed by atoms with Crippen LogP contribution in [0.4, 0.5) is 0 Å². The van der Waals surface area contributed by atoms with Gasteiger partial charge in [0.05, 0.1) is 7.11 Å². The van der Waals surface area contributed by atoms with Crippen molar-refractivity contribution in [3.63, 3.8) is 0 Å². The normalized spacial score (nSPS) is 12.3. The Bertz CT molecular complexity index is 539. The minimum atomic E-state index is 0.243. The molecule has 0 spiro atoms. The molecule has 4 heteroatoms. The van der Waals surface area contributed by atoms with Gasteiger partial charge in [-0.2, -0.15) is 0 Å². The van der Waals surface area contributed by atoms with Crippen molar-refractivity contribution in [2.75, 3.05) is 13.7 Å². The summed E-state index contributed by atoms with van der Waals surface area (Å²) in [4.78, 5) is 7.14. The van der Waals surface area contributed by atoms with Crippen LogP contribution in [0.5, 0.6) is 5.88 Å². The van der Waals surface area contributed by atoms with E-state index in [1.54, 1.807) is 13.3 Å². The number of hydrogen-bond acceptors (Lipinski definition) is 4. The van der Waals surface area contributed by atoms with Crippen LogP contribution in [0.1, 0.15) is 35.2 Å². The third-order valence-electron chi connectivity index (χ3n) is 3.29. The lowest BCUT2D eigenvalue weighted by molar-refractivity contribution is 0.382. The Labute approximate surface area is 125 Å². The van der Waals surface area contributed by atoms with Crippen LogP contribution in [0.25, 0.3) is 0 Å². The summed E-state index contributed by atoms with van der Waals surface area (Å²) in [5.74, 6) is 0.714. The van der Waals surface area contributed by atoms with Crippen molar-refractivity contribution in [3.05, 3.63) is 45.8 Å². The first-order valence-electron chi connectivity index (χ1n) is 7.08. The van der Waals surface area contributed by atoms with E-state index in [1.165, 1.54) is 9.75 Å². The van der Waals surface area contributed by atoms with Crippen LogP contribution < -0.4 is 10.1 Å². The zero-order valence-corrected chi connectivity index (χ0v) is 13.2. The minimum absolute atomic E-state index is 0.243. The molecule has 1 unspecified atom stereocenters. The highest BCUT2D eigenvalue weighted by atomic mass is 32.1. The van der Waals surface area contributed by atoms with Gasteiger partial charge in [0.2, 0.25) is 5.88 Å². The molecule has 2 heterocycles. The molecule has 108 valence electrons. The number of nitrogens with one attached hydrogen (secondary N) is 1. The van der Waals surface area contributed by atoms with E-state index in [0.717, 1.165) is 24.9 Å². The first kappa shape index (κ1) is 15.0. The first-order chi connectivity index (χ1) is 9.78. The predicted octanol–water partition coefficient (Wildman–Crippen LogP) is 3.61. The van der Waals surface area contributed by atoms with Gasteiger partial charge < -0.3 is 10.1 Å². The van der Waals surface area contributed by atoms with Crippen LogP contribution in [-0.2, 0) is 12.8 Å². The lowest BCUT2D eigenvalue weighted by Gasteiger charge is -2.19. The highest BCUT2D eigenvalue weighted by molar-refractivity contribution is 7.11. The molecule has 0 radical (unpaired) electrons. The number of pyridine rings is 1. The lowest BCUT2D eigenvalue weighted by Crippen LogP contribution is -2.23. The van der Waals surface area contributed by atoms with Crippen molar-refractivity contribution in [2.45, 2.75) is 32.7 Å². The maximum absolute atomic E-state index is 5.39. The quantitative estimate of drug-likeness (QED) is 0.846. The Kier molecular flexibility index (Phi) is 5.56. The molecule has 2 rings (SSSR count). The van der Waals surface area contributed by atoms with Crippen molar-refractivity contribution in [2.24, 2.45) is 0 Å². The predicted molar refractivity (Wildman–Crippen MR) is 84.6 cm³/mol. The van der Waals surface area contributed by atoms with E-state index in [0.29, 0.717) is 5.88 Å². The Balaban J connectivity index is 2.21. The molecular weight excluding hydrogens is 268 g/mol. The number of nitrogens with zero attached hydrogens (tertiary/aromatic N) is 1. The summed E-state index contributed by atoms with van der Waals surface area (Å²) < 4.78 is 5.39. The molecule has 1 atom stereocenters. The summed E-state index contributed by atoms with van der Waals surface area (Å²) in [6, 6.07) is 8.76. The third-order valence-corrected chi connectivity index (χ3v) is 4.54. The maximum atomic E-state index is 5.39. The molecule has 0 amide bonds. The van der Waals surface area contributed by atoms with Crippen LogP contribution in [-0.4, -0.2) is 18.6 Å². The monoisotopic (exact) mass is 290 g/mol. The van der Waals surface area contributed by atoms with E-state index >= 15 is 0 Å². The average Bonchev–Trinajstić information content (AvgIpc) is 2.94. The Morgan fingerprint density at radius 1 is 1.25 bits per heavy atom. The molecular formula is C16H22N2OS. The molecule has 0 fully saturated rings. The van der Waals surface area contributed by atoms with E-state index in [2.05, 4.69) is 42.3 Å². The minimum Gasteiger partial charge on any atom is -0.481 e. The maximum Gasteiger partial charge on any atom is 0.217 e. The standard InChI is InChI=1S/C16H22N2OS/c1-4-12-8-9-13(20-12)11-15(17-5-2)14-7-6-10-18-16(14)19-3/h6-10,15,17H,4-5,11H2,1-3H3. The number of aromatic nitrogens is 1. The van der Waals surface area contributed by atoms with Crippen LogP contribution >= 0.6 is 11.3 Å². The summed E-state index contributed by atoms with van der Waals surface area (Å²) in [6.45, 7) is 5.25. The molecule has 2 aromatic heterocycles. The molecule has 2 aromatic rings. The molecule has 0 aliphatic rings. The number of methoxy groups -OCH3 is 1. The largest absolute Gasteiger partial charge is 0.481 e. The number of likely N-dealkylation sites (N-methyl/N-ethyl adjacent to an activating group) is 1. The molecule has 0 saturated heterocycles. The second-order valence-electron chi connectivity index (χ2n) is 4.64. The molecule has 0 aliphatic carbocycles. The summed E-state index contributed by atoms with van der Waals surface area (Å²) in [7, 11) is 1.68.